The lowest BCUT2D eigenvalue weighted by Gasteiger charge is -2.10. The van der Waals surface area contributed by atoms with Gasteiger partial charge in [0.25, 0.3) is 0 Å². The zero-order chi connectivity index (χ0) is 14.0. The third kappa shape index (κ3) is 4.56. The van der Waals surface area contributed by atoms with Crippen LogP contribution >= 0.6 is 0 Å². The zero-order valence-electron chi connectivity index (χ0n) is 11.9. The molecule has 0 saturated carbocycles. The molecule has 0 spiro atoms. The van der Waals surface area contributed by atoms with Gasteiger partial charge in [0.05, 0.1) is 6.61 Å². The quantitative estimate of drug-likeness (QED) is 0.818. The number of rotatable bonds is 7. The van der Waals surface area contributed by atoms with Gasteiger partial charge in [0.2, 0.25) is 0 Å². The van der Waals surface area contributed by atoms with Crippen molar-refractivity contribution in [3.05, 3.63) is 71.8 Å². The minimum atomic E-state index is 0.749. The Hall–Kier alpha value is -2.06. The lowest BCUT2D eigenvalue weighted by Crippen LogP contribution is -2.03. The molecule has 0 heterocycles. The predicted molar refractivity (Wildman–Crippen MR) is 86.0 cm³/mol. The minimum absolute atomic E-state index is 0.749. The molecule has 0 fully saturated rings. The van der Waals surface area contributed by atoms with Crippen LogP contribution in [0.2, 0.25) is 0 Å². The maximum absolute atomic E-state index is 5.14. The summed E-state index contributed by atoms with van der Waals surface area (Å²) in [5, 5.41) is 3.45. The summed E-state index contributed by atoms with van der Waals surface area (Å²) in [5.74, 6) is 0. The smallest absolute Gasteiger partial charge is 0.0503 e. The van der Waals surface area contributed by atoms with E-state index in [1.54, 1.807) is 7.11 Å². The zero-order valence-corrected chi connectivity index (χ0v) is 11.9. The second-order valence-corrected chi connectivity index (χ2v) is 4.59. The summed E-state index contributed by atoms with van der Waals surface area (Å²) >= 11 is 0. The number of benzene rings is 2. The standard InChI is InChI=1S/C18H21NO/c1-20-15-13-17-11-5-6-12-18(17)19-14-7-10-16-8-3-2-4-9-16/h2-12,19H,13-15H2,1H3/b10-7+. The summed E-state index contributed by atoms with van der Waals surface area (Å²) in [4.78, 5) is 0. The highest BCUT2D eigenvalue weighted by Crippen LogP contribution is 2.15. The molecular weight excluding hydrogens is 246 g/mol. The normalized spacial score (nSPS) is 10.8. The van der Waals surface area contributed by atoms with Crippen molar-refractivity contribution in [1.82, 2.24) is 0 Å². The Morgan fingerprint density at radius 1 is 1.00 bits per heavy atom. The molecule has 0 bridgehead atoms. The Kier molecular flexibility index (Phi) is 5.87. The van der Waals surface area contributed by atoms with Crippen molar-refractivity contribution in [2.24, 2.45) is 0 Å². The van der Waals surface area contributed by atoms with Crippen LogP contribution in [0.1, 0.15) is 11.1 Å². The van der Waals surface area contributed by atoms with Crippen LogP contribution in [-0.4, -0.2) is 20.3 Å². The number of methoxy groups -OCH3 is 1. The van der Waals surface area contributed by atoms with Gasteiger partial charge >= 0.3 is 0 Å². The van der Waals surface area contributed by atoms with Crippen LogP contribution in [0, 0.1) is 0 Å². The third-order valence-corrected chi connectivity index (χ3v) is 3.11. The van der Waals surface area contributed by atoms with Crippen molar-refractivity contribution >= 4 is 11.8 Å². The highest BCUT2D eigenvalue weighted by Gasteiger charge is 1.99. The Labute approximate surface area is 121 Å². The summed E-state index contributed by atoms with van der Waals surface area (Å²) in [6.45, 7) is 1.57. The predicted octanol–water partition coefficient (Wildman–Crippen LogP) is 4.00. The van der Waals surface area contributed by atoms with Crippen molar-refractivity contribution in [1.29, 1.82) is 0 Å². The van der Waals surface area contributed by atoms with E-state index in [2.05, 4.69) is 53.9 Å². The Morgan fingerprint density at radius 3 is 2.55 bits per heavy atom. The lowest BCUT2D eigenvalue weighted by molar-refractivity contribution is 0.202. The number of hydrogen-bond acceptors (Lipinski definition) is 2. The van der Waals surface area contributed by atoms with E-state index in [0.717, 1.165) is 19.6 Å². The molecule has 2 aromatic carbocycles. The first kappa shape index (κ1) is 14.4. The van der Waals surface area contributed by atoms with Crippen LogP contribution in [-0.2, 0) is 11.2 Å². The summed E-state index contributed by atoms with van der Waals surface area (Å²) in [6, 6.07) is 18.7. The van der Waals surface area contributed by atoms with Gasteiger partial charge in [-0.2, -0.15) is 0 Å². The fourth-order valence-electron chi connectivity index (χ4n) is 2.05. The van der Waals surface area contributed by atoms with Gasteiger partial charge in [-0.15, -0.1) is 0 Å². The van der Waals surface area contributed by atoms with E-state index in [-0.39, 0.29) is 0 Å². The van der Waals surface area contributed by atoms with E-state index in [4.69, 9.17) is 4.74 Å². The van der Waals surface area contributed by atoms with E-state index < -0.39 is 0 Å². The molecule has 0 amide bonds. The van der Waals surface area contributed by atoms with Crippen LogP contribution in [0.4, 0.5) is 5.69 Å². The molecule has 0 saturated heterocycles. The average Bonchev–Trinajstić information content (AvgIpc) is 2.51. The average molecular weight is 267 g/mol. The fourth-order valence-corrected chi connectivity index (χ4v) is 2.05. The van der Waals surface area contributed by atoms with Crippen molar-refractivity contribution in [2.75, 3.05) is 25.6 Å². The SMILES string of the molecule is COCCc1ccccc1NC/C=C/c1ccccc1. The first-order valence-electron chi connectivity index (χ1n) is 6.92. The van der Waals surface area contributed by atoms with Crippen LogP contribution in [0.15, 0.2) is 60.7 Å². The molecule has 0 radical (unpaired) electrons. The number of nitrogens with one attached hydrogen (secondary N) is 1. The van der Waals surface area contributed by atoms with Gasteiger partial charge in [0, 0.05) is 19.3 Å². The molecule has 2 aromatic rings. The molecule has 20 heavy (non-hydrogen) atoms. The van der Waals surface area contributed by atoms with Gasteiger partial charge < -0.3 is 10.1 Å². The molecule has 0 atom stereocenters. The largest absolute Gasteiger partial charge is 0.384 e. The van der Waals surface area contributed by atoms with Crippen molar-refractivity contribution < 1.29 is 4.74 Å². The van der Waals surface area contributed by atoms with Gasteiger partial charge in [0.1, 0.15) is 0 Å². The van der Waals surface area contributed by atoms with Crippen LogP contribution < -0.4 is 5.32 Å². The molecular formula is C18H21NO. The molecule has 2 heteroatoms. The third-order valence-electron chi connectivity index (χ3n) is 3.11. The molecule has 0 aliphatic rings. The maximum Gasteiger partial charge on any atom is 0.0503 e. The Morgan fingerprint density at radius 2 is 1.75 bits per heavy atom. The Balaban J connectivity index is 1.89. The Bertz CT molecular complexity index is 534. The molecule has 0 aromatic heterocycles. The lowest BCUT2D eigenvalue weighted by atomic mass is 10.1. The summed E-state index contributed by atoms with van der Waals surface area (Å²) in [7, 11) is 1.73. The second kappa shape index (κ2) is 8.18. The van der Waals surface area contributed by atoms with Gasteiger partial charge in [-0.05, 0) is 23.6 Å². The van der Waals surface area contributed by atoms with Gasteiger partial charge in [-0.25, -0.2) is 0 Å². The van der Waals surface area contributed by atoms with Crippen molar-refractivity contribution in [2.45, 2.75) is 6.42 Å². The van der Waals surface area contributed by atoms with Crippen LogP contribution in [0.5, 0.6) is 0 Å². The van der Waals surface area contributed by atoms with E-state index in [1.165, 1.54) is 16.8 Å². The molecule has 0 aliphatic carbocycles. The monoisotopic (exact) mass is 267 g/mol. The first-order chi connectivity index (χ1) is 9.90. The maximum atomic E-state index is 5.14. The van der Waals surface area contributed by atoms with Crippen molar-refractivity contribution in [3.63, 3.8) is 0 Å². The summed E-state index contributed by atoms with van der Waals surface area (Å²) in [6.07, 6.45) is 5.20. The van der Waals surface area contributed by atoms with Crippen LogP contribution in [0.25, 0.3) is 6.08 Å². The number of para-hydroxylation sites is 1. The minimum Gasteiger partial charge on any atom is -0.384 e. The summed E-state index contributed by atoms with van der Waals surface area (Å²) in [5.41, 5.74) is 3.70. The van der Waals surface area contributed by atoms with Gasteiger partial charge in [-0.3, -0.25) is 0 Å². The van der Waals surface area contributed by atoms with Gasteiger partial charge in [0.15, 0.2) is 0 Å². The first-order valence-corrected chi connectivity index (χ1v) is 6.92. The molecule has 0 unspecified atom stereocenters. The molecule has 0 aliphatic heterocycles. The molecule has 2 nitrogen and oxygen atoms in total. The summed E-state index contributed by atoms with van der Waals surface area (Å²) < 4.78 is 5.14. The number of ether oxygens (including phenoxy) is 1. The number of hydrogen-bond donors (Lipinski definition) is 1. The topological polar surface area (TPSA) is 21.3 Å². The second-order valence-electron chi connectivity index (χ2n) is 4.59. The van der Waals surface area contributed by atoms with Crippen LogP contribution in [0.3, 0.4) is 0 Å². The van der Waals surface area contributed by atoms with Crippen molar-refractivity contribution in [3.8, 4) is 0 Å². The van der Waals surface area contributed by atoms with E-state index in [9.17, 15) is 0 Å². The molecule has 1 N–H and O–H groups in total. The van der Waals surface area contributed by atoms with Gasteiger partial charge in [-0.1, -0.05) is 60.7 Å². The van der Waals surface area contributed by atoms with E-state index in [1.807, 2.05) is 18.2 Å². The molecule has 104 valence electrons. The fraction of sp³-hybridized carbons (Fsp3) is 0.222. The number of anilines is 1. The highest BCUT2D eigenvalue weighted by molar-refractivity contribution is 5.54. The van der Waals surface area contributed by atoms with E-state index >= 15 is 0 Å². The van der Waals surface area contributed by atoms with E-state index in [0.29, 0.717) is 0 Å². The molecule has 2 rings (SSSR count). The highest BCUT2D eigenvalue weighted by atomic mass is 16.5.